The Labute approximate surface area is 323 Å². The molecule has 4 bridgehead atoms. The van der Waals surface area contributed by atoms with E-state index in [-0.39, 0.29) is 35.1 Å². The van der Waals surface area contributed by atoms with Crippen molar-refractivity contribution in [3.63, 3.8) is 0 Å². The molecule has 11 atom stereocenters. The monoisotopic (exact) mass is 741 g/mol. The summed E-state index contributed by atoms with van der Waals surface area (Å²) in [5.74, 6) is 4.81. The predicted octanol–water partition coefficient (Wildman–Crippen LogP) is 11.9. The second-order valence-corrected chi connectivity index (χ2v) is 25.6. The van der Waals surface area contributed by atoms with E-state index in [0.29, 0.717) is 29.6 Å². The summed E-state index contributed by atoms with van der Waals surface area (Å²) in [7, 11) is -2.48. The van der Waals surface area contributed by atoms with Crippen LogP contribution in [0.15, 0.2) is 54.6 Å². The van der Waals surface area contributed by atoms with Gasteiger partial charge in [-0.15, -0.1) is 0 Å². The minimum Gasteiger partial charge on any atom is -0.462 e. The molecule has 2 aromatic carbocycles. The molecule has 4 nitrogen and oxygen atoms in total. The number of esters is 1. The number of rotatable bonds is 6. The Hall–Kier alpha value is -1.95. The molecule has 4 fully saturated rings. The Morgan fingerprint density at radius 3 is 2.15 bits per heavy atom. The largest absolute Gasteiger partial charge is 0.462 e. The Balaban J connectivity index is 1.23. The van der Waals surface area contributed by atoms with E-state index in [2.05, 4.69) is 73.7 Å². The van der Waals surface area contributed by atoms with Gasteiger partial charge in [-0.3, -0.25) is 4.79 Å². The van der Waals surface area contributed by atoms with Crippen molar-refractivity contribution in [1.29, 1.82) is 0 Å². The number of aliphatic hydroxyl groups is 1. The SMILES string of the molecule is CC(C)CCC[C@@H](C)[C@H]1CC[C@H]2[C@@H]3C[C@@H]4O[Si](C)(C)C(C)(C)C[C@@](O)(c5ccccc5)c5ccc(cc5)CC(=O)O[C@@H]5CC[C@@](C)([C@@H]4C5)[C@H]3CC[C@]12C. The second-order valence-electron chi connectivity index (χ2n) is 21.0. The summed E-state index contributed by atoms with van der Waals surface area (Å²) in [6.07, 6.45) is 14.6. The fourth-order valence-electron chi connectivity index (χ4n) is 13.3. The molecule has 0 aromatic heterocycles. The van der Waals surface area contributed by atoms with Gasteiger partial charge in [-0.25, -0.2) is 0 Å². The molecule has 1 N–H and O–H groups in total. The first-order chi connectivity index (χ1) is 25.0. The average molecular weight is 741 g/mol. The third-order valence-electron chi connectivity index (χ3n) is 16.9. The first kappa shape index (κ1) is 39.3. The van der Waals surface area contributed by atoms with Crippen molar-refractivity contribution in [3.8, 4) is 0 Å². The second kappa shape index (κ2) is 14.5. The molecule has 6 aliphatic rings. The highest BCUT2D eigenvalue weighted by molar-refractivity contribution is 6.74. The molecule has 4 aliphatic carbocycles. The molecular formula is C48H72O4Si. The molecule has 8 rings (SSSR count). The molecule has 0 saturated heterocycles. The fourth-order valence-corrected chi connectivity index (χ4v) is 15.3. The van der Waals surface area contributed by atoms with Gasteiger partial charge in [0.1, 0.15) is 11.7 Å². The average Bonchev–Trinajstić information content (AvgIpc) is 3.46. The van der Waals surface area contributed by atoms with Crippen molar-refractivity contribution >= 4 is 14.3 Å². The summed E-state index contributed by atoms with van der Waals surface area (Å²) >= 11 is 0. The normalized spacial score (nSPS) is 39.9. The molecule has 53 heavy (non-hydrogen) atoms. The quantitative estimate of drug-likeness (QED) is 0.237. The standard InChI is InChI=1S/C48H72O4Si/c1-32(2)14-13-15-33(3)39-22-23-40-38-30-43-42-29-37(24-26-47(42,7)41(38)25-27-46(39,40)6)51-44(49)28-34-18-20-36(21-19-34)48(50,35-16-11-10-12-17-35)31-45(4,5)53(8,9)52-43/h10-12,16-21,32-33,37-43,50H,13-15,22-31H2,1-9H3/t33-,37-,38+,39-,40+,41+,42-,43+,46-,47-,48-/m1/s1. The van der Waals surface area contributed by atoms with E-state index >= 15 is 0 Å². The molecule has 0 spiro atoms. The highest BCUT2D eigenvalue weighted by atomic mass is 28.4. The minimum atomic E-state index is -2.48. The first-order valence-corrected chi connectivity index (χ1v) is 24.6. The number of carbonyl (C=O) groups is 1. The fraction of sp³-hybridized carbons (Fsp3) is 0.729. The lowest BCUT2D eigenvalue weighted by molar-refractivity contribution is -0.180. The van der Waals surface area contributed by atoms with Crippen LogP contribution < -0.4 is 0 Å². The van der Waals surface area contributed by atoms with Gasteiger partial charge in [0.2, 0.25) is 0 Å². The van der Waals surface area contributed by atoms with Crippen molar-refractivity contribution in [1.82, 2.24) is 0 Å². The van der Waals surface area contributed by atoms with Crippen LogP contribution in [0.5, 0.6) is 0 Å². The van der Waals surface area contributed by atoms with Crippen LogP contribution in [0.1, 0.15) is 142 Å². The van der Waals surface area contributed by atoms with E-state index in [1.807, 2.05) is 42.5 Å². The zero-order valence-electron chi connectivity index (χ0n) is 34.8. The van der Waals surface area contributed by atoms with Gasteiger partial charge >= 0.3 is 5.97 Å². The van der Waals surface area contributed by atoms with Gasteiger partial charge in [-0.1, -0.05) is 122 Å². The molecule has 292 valence electrons. The number of benzene rings is 2. The lowest BCUT2D eigenvalue weighted by Gasteiger charge is -2.64. The summed E-state index contributed by atoms with van der Waals surface area (Å²) in [5, 5.41) is 12.6. The zero-order valence-corrected chi connectivity index (χ0v) is 35.8. The van der Waals surface area contributed by atoms with Crippen LogP contribution in [-0.4, -0.2) is 31.6 Å². The van der Waals surface area contributed by atoms with E-state index in [0.717, 1.165) is 66.0 Å². The van der Waals surface area contributed by atoms with Crippen LogP contribution in [-0.2, 0) is 26.0 Å². The number of ether oxygens (including phenoxy) is 1. The molecule has 2 aromatic rings. The predicted molar refractivity (Wildman–Crippen MR) is 219 cm³/mol. The van der Waals surface area contributed by atoms with Crippen LogP contribution in [0.2, 0.25) is 18.1 Å². The Kier molecular flexibility index (Phi) is 10.8. The lowest BCUT2D eigenvalue weighted by Crippen LogP contribution is -2.61. The van der Waals surface area contributed by atoms with Crippen molar-refractivity contribution in [3.05, 3.63) is 71.3 Å². The molecule has 2 heterocycles. The van der Waals surface area contributed by atoms with Crippen LogP contribution in [0.4, 0.5) is 0 Å². The molecule has 4 saturated carbocycles. The van der Waals surface area contributed by atoms with Gasteiger partial charge in [0.25, 0.3) is 0 Å². The van der Waals surface area contributed by atoms with Crippen LogP contribution >= 0.6 is 0 Å². The number of carbonyl (C=O) groups excluding carboxylic acids is 1. The highest BCUT2D eigenvalue weighted by Gasteiger charge is 2.64. The minimum absolute atomic E-state index is 0.0484. The van der Waals surface area contributed by atoms with Gasteiger partial charge in [-0.05, 0) is 145 Å². The third-order valence-corrected chi connectivity index (χ3v) is 21.2. The highest BCUT2D eigenvalue weighted by Crippen LogP contribution is 2.69. The Morgan fingerprint density at radius 1 is 0.792 bits per heavy atom. The molecule has 2 aliphatic heterocycles. The number of fused-ring (bicyclic) bond motifs is 12. The summed E-state index contributed by atoms with van der Waals surface area (Å²) in [6, 6.07) is 18.3. The number of hydrogen-bond donors (Lipinski definition) is 1. The smallest absolute Gasteiger partial charge is 0.310 e. The lowest BCUT2D eigenvalue weighted by atomic mass is 9.43. The summed E-state index contributed by atoms with van der Waals surface area (Å²) in [4.78, 5) is 13.5. The first-order valence-electron chi connectivity index (χ1n) is 21.7. The van der Waals surface area contributed by atoms with Gasteiger partial charge in [0.05, 0.1) is 6.42 Å². The topological polar surface area (TPSA) is 55.8 Å². The maximum absolute atomic E-state index is 13.5. The van der Waals surface area contributed by atoms with Gasteiger partial charge in [-0.2, -0.15) is 0 Å². The van der Waals surface area contributed by atoms with E-state index in [1.54, 1.807) is 0 Å². The molecule has 0 radical (unpaired) electrons. The maximum atomic E-state index is 13.5. The van der Waals surface area contributed by atoms with Gasteiger partial charge in [0, 0.05) is 6.10 Å². The van der Waals surface area contributed by atoms with Crippen LogP contribution in [0, 0.1) is 52.3 Å². The van der Waals surface area contributed by atoms with E-state index in [9.17, 15) is 9.90 Å². The molecule has 0 unspecified atom stereocenters. The summed E-state index contributed by atoms with van der Waals surface area (Å²) in [6.45, 7) is 22.2. The Bertz CT molecular complexity index is 1580. The van der Waals surface area contributed by atoms with Crippen LogP contribution in [0.3, 0.4) is 0 Å². The Morgan fingerprint density at radius 2 is 1.45 bits per heavy atom. The number of hydrogen-bond acceptors (Lipinski definition) is 4. The van der Waals surface area contributed by atoms with Gasteiger partial charge < -0.3 is 14.3 Å². The summed E-state index contributed by atoms with van der Waals surface area (Å²) < 4.78 is 14.2. The van der Waals surface area contributed by atoms with Gasteiger partial charge in [0.15, 0.2) is 8.32 Å². The van der Waals surface area contributed by atoms with Crippen molar-refractivity contribution in [2.75, 3.05) is 0 Å². The summed E-state index contributed by atoms with van der Waals surface area (Å²) in [5.41, 5.74) is 2.12. The van der Waals surface area contributed by atoms with Crippen molar-refractivity contribution in [2.45, 2.75) is 168 Å². The van der Waals surface area contributed by atoms with Crippen molar-refractivity contribution in [2.24, 2.45) is 52.3 Å². The maximum Gasteiger partial charge on any atom is 0.310 e. The van der Waals surface area contributed by atoms with E-state index < -0.39 is 13.9 Å². The third kappa shape index (κ3) is 7.16. The zero-order chi connectivity index (χ0) is 38.0. The molecule has 0 amide bonds. The van der Waals surface area contributed by atoms with E-state index in [1.165, 1.54) is 44.9 Å². The van der Waals surface area contributed by atoms with Crippen LogP contribution in [0.25, 0.3) is 0 Å². The molecular weight excluding hydrogens is 669 g/mol. The van der Waals surface area contributed by atoms with E-state index in [4.69, 9.17) is 9.16 Å². The molecule has 5 heteroatoms. The van der Waals surface area contributed by atoms with Crippen molar-refractivity contribution < 1.29 is 19.1 Å².